The first-order chi connectivity index (χ1) is 9.75. The van der Waals surface area contributed by atoms with Gasteiger partial charge in [-0.2, -0.15) is 0 Å². The predicted molar refractivity (Wildman–Crippen MR) is 78.3 cm³/mol. The standard InChI is InChI=1S/C16H15N3O/c1-19-9-3-5-13(19)11-18-16(20)15-6-2-4-12-10-17-8-7-14(12)15/h2-10H,11H2,1H3,(H,18,20). The number of amides is 1. The number of carbonyl (C=O) groups is 1. The molecule has 2 aromatic heterocycles. The zero-order valence-corrected chi connectivity index (χ0v) is 11.2. The molecular formula is C16H15N3O. The maximum Gasteiger partial charge on any atom is 0.252 e. The van der Waals surface area contributed by atoms with Crippen LogP contribution in [0.25, 0.3) is 10.8 Å². The van der Waals surface area contributed by atoms with E-state index in [1.807, 2.05) is 54.2 Å². The minimum absolute atomic E-state index is 0.0667. The van der Waals surface area contributed by atoms with Crippen molar-refractivity contribution in [3.8, 4) is 0 Å². The molecule has 0 saturated carbocycles. The van der Waals surface area contributed by atoms with E-state index in [-0.39, 0.29) is 5.91 Å². The van der Waals surface area contributed by atoms with Gasteiger partial charge in [-0.05, 0) is 29.7 Å². The molecule has 0 saturated heterocycles. The number of fused-ring (bicyclic) bond motifs is 1. The Morgan fingerprint density at radius 2 is 2.15 bits per heavy atom. The van der Waals surface area contributed by atoms with Gasteiger partial charge in [-0.3, -0.25) is 9.78 Å². The lowest BCUT2D eigenvalue weighted by molar-refractivity contribution is 0.0952. The van der Waals surface area contributed by atoms with Gasteiger partial charge >= 0.3 is 0 Å². The molecule has 2 heterocycles. The first kappa shape index (κ1) is 12.4. The second-order valence-electron chi connectivity index (χ2n) is 4.70. The van der Waals surface area contributed by atoms with Gasteiger partial charge in [0.1, 0.15) is 0 Å². The number of aryl methyl sites for hydroxylation is 1. The fraction of sp³-hybridized carbons (Fsp3) is 0.125. The van der Waals surface area contributed by atoms with Crippen LogP contribution in [0.1, 0.15) is 16.1 Å². The molecule has 0 atom stereocenters. The fourth-order valence-corrected chi connectivity index (χ4v) is 2.27. The van der Waals surface area contributed by atoms with Crippen molar-refractivity contribution in [2.24, 2.45) is 7.05 Å². The highest BCUT2D eigenvalue weighted by atomic mass is 16.1. The summed E-state index contributed by atoms with van der Waals surface area (Å²) < 4.78 is 1.99. The van der Waals surface area contributed by atoms with Gasteiger partial charge in [0, 0.05) is 42.3 Å². The molecule has 0 aliphatic heterocycles. The number of aromatic nitrogens is 2. The number of carbonyl (C=O) groups excluding carboxylic acids is 1. The third-order valence-corrected chi connectivity index (χ3v) is 3.41. The molecule has 0 aliphatic rings. The van der Waals surface area contributed by atoms with Crippen LogP contribution in [0, 0.1) is 0 Å². The summed E-state index contributed by atoms with van der Waals surface area (Å²) in [5.74, 6) is -0.0667. The van der Waals surface area contributed by atoms with E-state index in [0.717, 1.165) is 16.5 Å². The summed E-state index contributed by atoms with van der Waals surface area (Å²) in [5, 5.41) is 4.85. The maximum absolute atomic E-state index is 12.3. The molecule has 0 bridgehead atoms. The van der Waals surface area contributed by atoms with Gasteiger partial charge in [-0.25, -0.2) is 0 Å². The number of nitrogens with one attached hydrogen (secondary N) is 1. The number of benzene rings is 1. The van der Waals surface area contributed by atoms with Gasteiger partial charge in [-0.1, -0.05) is 12.1 Å². The van der Waals surface area contributed by atoms with Gasteiger partial charge in [-0.15, -0.1) is 0 Å². The molecule has 0 spiro atoms. The number of hydrogen-bond donors (Lipinski definition) is 1. The normalized spacial score (nSPS) is 10.7. The molecule has 0 fully saturated rings. The Labute approximate surface area is 117 Å². The van der Waals surface area contributed by atoms with E-state index in [9.17, 15) is 4.79 Å². The van der Waals surface area contributed by atoms with Crippen LogP contribution in [0.3, 0.4) is 0 Å². The largest absolute Gasteiger partial charge is 0.353 e. The minimum Gasteiger partial charge on any atom is -0.353 e. The Morgan fingerprint density at radius 3 is 2.95 bits per heavy atom. The van der Waals surface area contributed by atoms with Crippen LogP contribution in [0.15, 0.2) is 55.0 Å². The van der Waals surface area contributed by atoms with Gasteiger partial charge < -0.3 is 9.88 Å². The summed E-state index contributed by atoms with van der Waals surface area (Å²) in [4.78, 5) is 16.4. The fourth-order valence-electron chi connectivity index (χ4n) is 2.27. The topological polar surface area (TPSA) is 46.9 Å². The molecule has 0 radical (unpaired) electrons. The van der Waals surface area contributed by atoms with Crippen molar-refractivity contribution in [3.05, 3.63) is 66.2 Å². The molecule has 4 heteroatoms. The predicted octanol–water partition coefficient (Wildman–Crippen LogP) is 2.50. The Hall–Kier alpha value is -2.62. The van der Waals surface area contributed by atoms with Crippen molar-refractivity contribution >= 4 is 16.7 Å². The molecule has 100 valence electrons. The molecule has 1 aromatic carbocycles. The zero-order chi connectivity index (χ0) is 13.9. The van der Waals surface area contributed by atoms with Crippen LogP contribution in [0.5, 0.6) is 0 Å². The first-order valence-corrected chi connectivity index (χ1v) is 6.47. The van der Waals surface area contributed by atoms with Crippen molar-refractivity contribution in [2.75, 3.05) is 0 Å². The highest BCUT2D eigenvalue weighted by Crippen LogP contribution is 2.17. The summed E-state index contributed by atoms with van der Waals surface area (Å²) in [6.45, 7) is 0.518. The van der Waals surface area contributed by atoms with Crippen LogP contribution in [-0.4, -0.2) is 15.5 Å². The van der Waals surface area contributed by atoms with Gasteiger partial charge in [0.05, 0.1) is 6.54 Å². The molecule has 0 aliphatic carbocycles. The Morgan fingerprint density at radius 1 is 1.25 bits per heavy atom. The van der Waals surface area contributed by atoms with Crippen molar-refractivity contribution < 1.29 is 4.79 Å². The van der Waals surface area contributed by atoms with Crippen molar-refractivity contribution in [1.82, 2.24) is 14.9 Å². The van der Waals surface area contributed by atoms with Gasteiger partial charge in [0.2, 0.25) is 0 Å². The quantitative estimate of drug-likeness (QED) is 0.791. The van der Waals surface area contributed by atoms with Crippen LogP contribution in [0.4, 0.5) is 0 Å². The molecule has 20 heavy (non-hydrogen) atoms. The van der Waals surface area contributed by atoms with Gasteiger partial charge in [0.25, 0.3) is 5.91 Å². The van der Waals surface area contributed by atoms with Gasteiger partial charge in [0.15, 0.2) is 0 Å². The lowest BCUT2D eigenvalue weighted by Gasteiger charge is -2.08. The Kier molecular flexibility index (Phi) is 3.21. The lowest BCUT2D eigenvalue weighted by atomic mass is 10.1. The average molecular weight is 265 g/mol. The first-order valence-electron chi connectivity index (χ1n) is 6.47. The molecule has 3 aromatic rings. The van der Waals surface area contributed by atoms with Crippen molar-refractivity contribution in [3.63, 3.8) is 0 Å². The smallest absolute Gasteiger partial charge is 0.252 e. The second-order valence-corrected chi connectivity index (χ2v) is 4.70. The van der Waals surface area contributed by atoms with Crippen LogP contribution in [-0.2, 0) is 13.6 Å². The van der Waals surface area contributed by atoms with Crippen LogP contribution in [0.2, 0.25) is 0 Å². The third kappa shape index (κ3) is 2.28. The summed E-state index contributed by atoms with van der Waals surface area (Å²) in [7, 11) is 1.96. The highest BCUT2D eigenvalue weighted by Gasteiger charge is 2.09. The molecule has 4 nitrogen and oxygen atoms in total. The van der Waals surface area contributed by atoms with E-state index in [0.29, 0.717) is 12.1 Å². The van der Waals surface area contributed by atoms with E-state index >= 15 is 0 Å². The molecule has 1 N–H and O–H groups in total. The zero-order valence-electron chi connectivity index (χ0n) is 11.2. The molecule has 3 rings (SSSR count). The SMILES string of the molecule is Cn1cccc1CNC(=O)c1cccc2cnccc12. The lowest BCUT2D eigenvalue weighted by Crippen LogP contribution is -2.24. The average Bonchev–Trinajstić information content (AvgIpc) is 2.89. The van der Waals surface area contributed by atoms with Crippen LogP contribution < -0.4 is 5.32 Å². The molecule has 0 unspecified atom stereocenters. The number of nitrogens with zero attached hydrogens (tertiary/aromatic N) is 2. The minimum atomic E-state index is -0.0667. The third-order valence-electron chi connectivity index (χ3n) is 3.41. The Balaban J connectivity index is 1.84. The molecule has 1 amide bonds. The highest BCUT2D eigenvalue weighted by molar-refractivity contribution is 6.06. The maximum atomic E-state index is 12.3. The number of hydrogen-bond acceptors (Lipinski definition) is 2. The van der Waals surface area contributed by atoms with Crippen molar-refractivity contribution in [2.45, 2.75) is 6.54 Å². The number of rotatable bonds is 3. The summed E-state index contributed by atoms with van der Waals surface area (Å²) in [5.41, 5.74) is 1.75. The summed E-state index contributed by atoms with van der Waals surface area (Å²) >= 11 is 0. The van der Waals surface area contributed by atoms with E-state index < -0.39 is 0 Å². The summed E-state index contributed by atoms with van der Waals surface area (Å²) in [6, 6.07) is 11.5. The van der Waals surface area contributed by atoms with E-state index in [1.165, 1.54) is 0 Å². The van der Waals surface area contributed by atoms with E-state index in [2.05, 4.69) is 10.3 Å². The Bertz CT molecular complexity index is 756. The van der Waals surface area contributed by atoms with E-state index in [1.54, 1.807) is 12.4 Å². The second kappa shape index (κ2) is 5.17. The number of pyridine rings is 1. The van der Waals surface area contributed by atoms with E-state index in [4.69, 9.17) is 0 Å². The molecular weight excluding hydrogens is 250 g/mol. The van der Waals surface area contributed by atoms with Crippen molar-refractivity contribution in [1.29, 1.82) is 0 Å². The summed E-state index contributed by atoms with van der Waals surface area (Å²) in [6.07, 6.45) is 5.44. The van der Waals surface area contributed by atoms with Crippen LogP contribution >= 0.6 is 0 Å². The monoisotopic (exact) mass is 265 g/mol.